The van der Waals surface area contributed by atoms with Gasteiger partial charge in [0, 0.05) is 18.5 Å². The van der Waals surface area contributed by atoms with Crippen LogP contribution in [0.2, 0.25) is 0 Å². The molecule has 3 heterocycles. The molecule has 0 amide bonds. The minimum Gasteiger partial charge on any atom is -0.481 e. The Kier molecular flexibility index (Phi) is 3.23. The van der Waals surface area contributed by atoms with Gasteiger partial charge in [-0.2, -0.15) is 4.98 Å². The summed E-state index contributed by atoms with van der Waals surface area (Å²) >= 11 is 5.39. The monoisotopic (exact) mass is 286 g/mol. The predicted octanol–water partition coefficient (Wildman–Crippen LogP) is 2.85. The SMILES string of the molecule is COc1ccc2[nH]c(=S)n(Cc3ccncc3C)c2n1. The van der Waals surface area contributed by atoms with Crippen LogP contribution in [0.15, 0.2) is 30.6 Å². The molecule has 0 radical (unpaired) electrons. The van der Waals surface area contributed by atoms with Crippen molar-refractivity contribution in [3.8, 4) is 5.88 Å². The van der Waals surface area contributed by atoms with Crippen molar-refractivity contribution in [2.75, 3.05) is 7.11 Å². The van der Waals surface area contributed by atoms with Gasteiger partial charge in [-0.15, -0.1) is 0 Å². The number of hydrogen-bond acceptors (Lipinski definition) is 4. The largest absolute Gasteiger partial charge is 0.481 e. The van der Waals surface area contributed by atoms with E-state index in [2.05, 4.69) is 15.0 Å². The molecule has 1 N–H and O–H groups in total. The maximum absolute atomic E-state index is 5.39. The van der Waals surface area contributed by atoms with E-state index in [1.807, 2.05) is 35.9 Å². The first-order chi connectivity index (χ1) is 9.69. The molecule has 0 unspecified atom stereocenters. The van der Waals surface area contributed by atoms with Crippen LogP contribution in [0.4, 0.5) is 0 Å². The minimum absolute atomic E-state index is 0.576. The highest BCUT2D eigenvalue weighted by Gasteiger charge is 2.09. The summed E-state index contributed by atoms with van der Waals surface area (Å²) in [6.45, 7) is 2.70. The summed E-state index contributed by atoms with van der Waals surface area (Å²) in [5.74, 6) is 0.576. The van der Waals surface area contributed by atoms with Crippen molar-refractivity contribution in [2.45, 2.75) is 13.5 Å². The van der Waals surface area contributed by atoms with E-state index in [9.17, 15) is 0 Å². The average molecular weight is 286 g/mol. The summed E-state index contributed by atoms with van der Waals surface area (Å²) in [4.78, 5) is 11.7. The van der Waals surface area contributed by atoms with Crippen LogP contribution >= 0.6 is 12.2 Å². The molecule has 0 bridgehead atoms. The fourth-order valence-corrected chi connectivity index (χ4v) is 2.38. The van der Waals surface area contributed by atoms with Gasteiger partial charge in [-0.1, -0.05) is 0 Å². The van der Waals surface area contributed by atoms with E-state index in [4.69, 9.17) is 17.0 Å². The molecule has 0 saturated heterocycles. The molecule has 102 valence electrons. The van der Waals surface area contributed by atoms with Gasteiger partial charge in [0.05, 0.1) is 19.2 Å². The molecule has 20 heavy (non-hydrogen) atoms. The van der Waals surface area contributed by atoms with Gasteiger partial charge in [0.2, 0.25) is 5.88 Å². The molecule has 5 nitrogen and oxygen atoms in total. The lowest BCUT2D eigenvalue weighted by atomic mass is 10.1. The van der Waals surface area contributed by atoms with Gasteiger partial charge < -0.3 is 9.72 Å². The molecule has 0 aromatic carbocycles. The van der Waals surface area contributed by atoms with Crippen molar-refractivity contribution < 1.29 is 4.74 Å². The highest BCUT2D eigenvalue weighted by molar-refractivity contribution is 7.71. The number of methoxy groups -OCH3 is 1. The van der Waals surface area contributed by atoms with Crippen LogP contribution in [0.3, 0.4) is 0 Å². The topological polar surface area (TPSA) is 55.7 Å². The standard InChI is InChI=1S/C14H14N4OS/c1-9-7-15-6-5-10(9)8-18-13-11(16-14(18)20)3-4-12(17-13)19-2/h3-7H,8H2,1-2H3,(H,16,20). The van der Waals surface area contributed by atoms with Crippen LogP contribution < -0.4 is 4.74 Å². The Bertz CT molecular complexity index is 821. The second-order valence-electron chi connectivity index (χ2n) is 4.54. The Morgan fingerprint density at radius 3 is 2.95 bits per heavy atom. The number of hydrogen-bond donors (Lipinski definition) is 1. The number of fused-ring (bicyclic) bond motifs is 1. The number of rotatable bonds is 3. The molecule has 0 aliphatic carbocycles. The Balaban J connectivity index is 2.13. The van der Waals surface area contributed by atoms with E-state index in [-0.39, 0.29) is 0 Å². The number of pyridine rings is 2. The van der Waals surface area contributed by atoms with Crippen LogP contribution in [0.1, 0.15) is 11.1 Å². The number of imidazole rings is 1. The van der Waals surface area contributed by atoms with Crippen LogP contribution in [0.25, 0.3) is 11.2 Å². The van der Waals surface area contributed by atoms with Gasteiger partial charge in [-0.05, 0) is 42.4 Å². The molecular weight excluding hydrogens is 272 g/mol. The third kappa shape index (κ3) is 2.18. The minimum atomic E-state index is 0.576. The summed E-state index contributed by atoms with van der Waals surface area (Å²) in [7, 11) is 1.60. The van der Waals surface area contributed by atoms with Crippen molar-refractivity contribution in [1.82, 2.24) is 19.5 Å². The smallest absolute Gasteiger partial charge is 0.215 e. The van der Waals surface area contributed by atoms with Gasteiger partial charge in [0.25, 0.3) is 0 Å². The number of ether oxygens (including phenoxy) is 1. The summed E-state index contributed by atoms with van der Waals surface area (Å²) in [6.07, 6.45) is 3.64. The second kappa shape index (κ2) is 5.05. The molecule has 0 fully saturated rings. The van der Waals surface area contributed by atoms with Crippen molar-refractivity contribution in [3.63, 3.8) is 0 Å². The van der Waals surface area contributed by atoms with E-state index in [1.165, 1.54) is 5.56 Å². The van der Waals surface area contributed by atoms with Gasteiger partial charge in [-0.25, -0.2) is 0 Å². The maximum Gasteiger partial charge on any atom is 0.215 e. The quantitative estimate of drug-likeness (QED) is 0.752. The normalized spacial score (nSPS) is 10.9. The van der Waals surface area contributed by atoms with Gasteiger partial charge in [-0.3, -0.25) is 9.55 Å². The molecule has 0 aliphatic heterocycles. The predicted molar refractivity (Wildman–Crippen MR) is 79.5 cm³/mol. The Labute approximate surface area is 121 Å². The zero-order valence-corrected chi connectivity index (χ0v) is 12.1. The first-order valence-corrected chi connectivity index (χ1v) is 6.63. The van der Waals surface area contributed by atoms with Crippen molar-refractivity contribution >= 4 is 23.4 Å². The third-order valence-electron chi connectivity index (χ3n) is 3.27. The first kappa shape index (κ1) is 12.8. The van der Waals surface area contributed by atoms with Crippen LogP contribution in [0, 0.1) is 11.7 Å². The zero-order chi connectivity index (χ0) is 14.1. The summed E-state index contributed by atoms with van der Waals surface area (Å²) < 4.78 is 7.80. The maximum atomic E-state index is 5.39. The third-order valence-corrected chi connectivity index (χ3v) is 3.59. The Morgan fingerprint density at radius 1 is 1.35 bits per heavy atom. The second-order valence-corrected chi connectivity index (χ2v) is 4.93. The molecule has 0 atom stereocenters. The molecule has 0 saturated carbocycles. The highest BCUT2D eigenvalue weighted by atomic mass is 32.1. The van der Waals surface area contributed by atoms with Crippen LogP contribution in [-0.2, 0) is 6.54 Å². The number of aromatic amines is 1. The summed E-state index contributed by atoms with van der Waals surface area (Å²) in [6, 6.07) is 5.73. The summed E-state index contributed by atoms with van der Waals surface area (Å²) in [5.41, 5.74) is 4.00. The Hall–Kier alpha value is -2.21. The van der Waals surface area contributed by atoms with Crippen molar-refractivity contribution in [1.29, 1.82) is 0 Å². The lowest BCUT2D eigenvalue weighted by Gasteiger charge is -2.07. The van der Waals surface area contributed by atoms with E-state index >= 15 is 0 Å². The lowest BCUT2D eigenvalue weighted by molar-refractivity contribution is 0.399. The number of aromatic nitrogens is 4. The zero-order valence-electron chi connectivity index (χ0n) is 11.3. The van der Waals surface area contributed by atoms with Crippen molar-refractivity contribution in [3.05, 3.63) is 46.5 Å². The van der Waals surface area contributed by atoms with Crippen LogP contribution in [0.5, 0.6) is 5.88 Å². The molecule has 3 aromatic rings. The van der Waals surface area contributed by atoms with Gasteiger partial charge in [0.15, 0.2) is 10.4 Å². The van der Waals surface area contributed by atoms with Gasteiger partial charge >= 0.3 is 0 Å². The molecule has 3 aromatic heterocycles. The van der Waals surface area contributed by atoms with E-state index in [1.54, 1.807) is 13.3 Å². The summed E-state index contributed by atoms with van der Waals surface area (Å²) in [5, 5.41) is 0. The van der Waals surface area contributed by atoms with E-state index in [0.717, 1.165) is 16.7 Å². The van der Waals surface area contributed by atoms with E-state index < -0.39 is 0 Å². The van der Waals surface area contributed by atoms with Crippen molar-refractivity contribution in [2.24, 2.45) is 0 Å². The number of nitrogens with one attached hydrogen (secondary N) is 1. The fraction of sp³-hybridized carbons (Fsp3) is 0.214. The van der Waals surface area contributed by atoms with Gasteiger partial charge in [0.1, 0.15) is 0 Å². The Morgan fingerprint density at radius 2 is 2.20 bits per heavy atom. The van der Waals surface area contributed by atoms with Crippen LogP contribution in [-0.4, -0.2) is 26.6 Å². The number of nitrogens with zero attached hydrogens (tertiary/aromatic N) is 3. The number of H-pyrrole nitrogens is 1. The number of aryl methyl sites for hydroxylation is 1. The molecule has 6 heteroatoms. The lowest BCUT2D eigenvalue weighted by Crippen LogP contribution is -2.03. The molecule has 0 spiro atoms. The highest BCUT2D eigenvalue weighted by Crippen LogP contribution is 2.18. The molecular formula is C14H14N4OS. The van der Waals surface area contributed by atoms with E-state index in [0.29, 0.717) is 17.2 Å². The fourth-order valence-electron chi connectivity index (χ4n) is 2.12. The first-order valence-electron chi connectivity index (χ1n) is 6.22. The average Bonchev–Trinajstić information content (AvgIpc) is 2.77. The molecule has 0 aliphatic rings. The molecule has 3 rings (SSSR count).